The van der Waals surface area contributed by atoms with Gasteiger partial charge in [0.2, 0.25) is 5.88 Å². The third kappa shape index (κ3) is 4.65. The van der Waals surface area contributed by atoms with Gasteiger partial charge < -0.3 is 9.84 Å². The Morgan fingerprint density at radius 3 is 2.57 bits per heavy atom. The van der Waals surface area contributed by atoms with E-state index in [0.29, 0.717) is 23.0 Å². The van der Waals surface area contributed by atoms with Crippen LogP contribution in [-0.4, -0.2) is 31.0 Å². The molecule has 0 spiro atoms. The van der Waals surface area contributed by atoms with Gasteiger partial charge in [-0.15, -0.1) is 0 Å². The maximum atomic E-state index is 12.7. The van der Waals surface area contributed by atoms with Crippen LogP contribution in [0.4, 0.5) is 5.88 Å². The number of aliphatic imine (C=N–C) groups is 1. The van der Waals surface area contributed by atoms with E-state index < -0.39 is 0 Å². The number of carbonyl (C=O) groups excluding carboxylic acids is 1. The molecule has 3 rings (SSSR count). The standard InChI is InChI=1S/C22H24N4O2/c1-15(19-14-20(28-26-19)25-22(23-2)24-3)12-16-8-7-11-18(13-16)21(27)17-9-5-4-6-10-17/h4-11,13-15H,12H2,1-3H3,(H2,23,24,25). The van der Waals surface area contributed by atoms with Crippen molar-refractivity contribution in [2.75, 3.05) is 19.4 Å². The summed E-state index contributed by atoms with van der Waals surface area (Å²) in [5.74, 6) is 1.30. The van der Waals surface area contributed by atoms with E-state index in [4.69, 9.17) is 4.52 Å². The second-order valence-electron chi connectivity index (χ2n) is 6.56. The Balaban J connectivity index is 1.70. The highest BCUT2D eigenvalue weighted by atomic mass is 16.5. The lowest BCUT2D eigenvalue weighted by molar-refractivity contribution is 0.103. The third-order valence-electron chi connectivity index (χ3n) is 4.50. The van der Waals surface area contributed by atoms with Crippen LogP contribution in [0.2, 0.25) is 0 Å². The molecule has 2 aromatic carbocycles. The molecular weight excluding hydrogens is 352 g/mol. The molecule has 1 atom stereocenters. The lowest BCUT2D eigenvalue weighted by Crippen LogP contribution is -2.26. The number of anilines is 1. The molecule has 6 nitrogen and oxygen atoms in total. The van der Waals surface area contributed by atoms with Gasteiger partial charge in [0.1, 0.15) is 0 Å². The second kappa shape index (κ2) is 8.99. The lowest BCUT2D eigenvalue weighted by atomic mass is 9.95. The molecular formula is C22H24N4O2. The van der Waals surface area contributed by atoms with Gasteiger partial charge in [-0.1, -0.05) is 60.6 Å². The normalized spacial score (nSPS) is 12.5. The average molecular weight is 376 g/mol. The van der Waals surface area contributed by atoms with E-state index in [1.165, 1.54) is 0 Å². The summed E-state index contributed by atoms with van der Waals surface area (Å²) in [6, 6.07) is 18.9. The van der Waals surface area contributed by atoms with Crippen molar-refractivity contribution in [1.82, 2.24) is 10.5 Å². The lowest BCUT2D eigenvalue weighted by Gasteiger charge is -2.09. The van der Waals surface area contributed by atoms with Gasteiger partial charge >= 0.3 is 0 Å². The fourth-order valence-electron chi connectivity index (χ4n) is 2.98. The Morgan fingerprint density at radius 2 is 1.86 bits per heavy atom. The van der Waals surface area contributed by atoms with Crippen molar-refractivity contribution in [2.45, 2.75) is 19.3 Å². The first kappa shape index (κ1) is 19.4. The van der Waals surface area contributed by atoms with Gasteiger partial charge in [-0.2, -0.15) is 0 Å². The number of carbonyl (C=O) groups is 1. The van der Waals surface area contributed by atoms with Crippen LogP contribution in [0, 0.1) is 0 Å². The van der Waals surface area contributed by atoms with Crippen molar-refractivity contribution in [3.8, 4) is 0 Å². The number of nitrogens with one attached hydrogen (secondary N) is 2. The van der Waals surface area contributed by atoms with Gasteiger partial charge in [-0.3, -0.25) is 15.1 Å². The highest BCUT2D eigenvalue weighted by Gasteiger charge is 2.15. The Kier molecular flexibility index (Phi) is 6.22. The molecule has 0 aliphatic heterocycles. The van der Waals surface area contributed by atoms with Crippen molar-refractivity contribution >= 4 is 17.6 Å². The summed E-state index contributed by atoms with van der Waals surface area (Å²) >= 11 is 0. The molecule has 0 radical (unpaired) electrons. The zero-order chi connectivity index (χ0) is 19.9. The Hall–Kier alpha value is -3.41. The molecule has 6 heteroatoms. The maximum absolute atomic E-state index is 12.7. The molecule has 0 saturated carbocycles. The quantitative estimate of drug-likeness (QED) is 0.388. The van der Waals surface area contributed by atoms with E-state index in [1.54, 1.807) is 14.1 Å². The van der Waals surface area contributed by atoms with Crippen LogP contribution in [0.1, 0.15) is 40.0 Å². The molecule has 0 bridgehead atoms. The van der Waals surface area contributed by atoms with E-state index in [2.05, 4.69) is 27.7 Å². The van der Waals surface area contributed by atoms with Crippen LogP contribution in [0.15, 0.2) is 70.2 Å². The topological polar surface area (TPSA) is 79.5 Å². The monoisotopic (exact) mass is 376 g/mol. The predicted octanol–water partition coefficient (Wildman–Crippen LogP) is 3.87. The minimum Gasteiger partial charge on any atom is -0.359 e. The molecule has 0 aliphatic carbocycles. The van der Waals surface area contributed by atoms with Crippen LogP contribution < -0.4 is 10.6 Å². The summed E-state index contributed by atoms with van der Waals surface area (Å²) in [5, 5.41) is 10.1. The number of hydrogen-bond donors (Lipinski definition) is 2. The molecule has 0 saturated heterocycles. The van der Waals surface area contributed by atoms with Crippen molar-refractivity contribution in [2.24, 2.45) is 4.99 Å². The Labute approximate surface area is 164 Å². The fourth-order valence-corrected chi connectivity index (χ4v) is 2.98. The summed E-state index contributed by atoms with van der Waals surface area (Å²) in [7, 11) is 3.46. The van der Waals surface area contributed by atoms with Gasteiger partial charge in [0.15, 0.2) is 11.7 Å². The maximum Gasteiger partial charge on any atom is 0.231 e. The molecule has 1 heterocycles. The number of ketones is 1. The number of rotatable bonds is 6. The molecule has 0 aliphatic rings. The average Bonchev–Trinajstić information content (AvgIpc) is 3.21. The number of guanidine groups is 1. The van der Waals surface area contributed by atoms with Gasteiger partial charge in [0.05, 0.1) is 5.69 Å². The molecule has 0 amide bonds. The summed E-state index contributed by atoms with van der Waals surface area (Å²) in [6.45, 7) is 2.08. The minimum absolute atomic E-state index is 0.0291. The molecule has 2 N–H and O–H groups in total. The van der Waals surface area contributed by atoms with E-state index in [9.17, 15) is 4.79 Å². The zero-order valence-electron chi connectivity index (χ0n) is 16.3. The van der Waals surface area contributed by atoms with Crippen molar-refractivity contribution in [1.29, 1.82) is 0 Å². The van der Waals surface area contributed by atoms with E-state index >= 15 is 0 Å². The van der Waals surface area contributed by atoms with Gasteiger partial charge in [-0.05, 0) is 18.1 Å². The zero-order valence-corrected chi connectivity index (χ0v) is 16.3. The number of nitrogens with zero attached hydrogens (tertiary/aromatic N) is 2. The van der Waals surface area contributed by atoms with Gasteiger partial charge in [0, 0.05) is 37.2 Å². The second-order valence-corrected chi connectivity index (χ2v) is 6.56. The molecule has 0 fully saturated rings. The van der Waals surface area contributed by atoms with E-state index in [-0.39, 0.29) is 11.7 Å². The number of aromatic nitrogens is 1. The van der Waals surface area contributed by atoms with Crippen LogP contribution in [0.25, 0.3) is 0 Å². The van der Waals surface area contributed by atoms with Gasteiger partial charge in [-0.25, -0.2) is 0 Å². The molecule has 1 aromatic heterocycles. The highest BCUT2D eigenvalue weighted by molar-refractivity contribution is 6.09. The summed E-state index contributed by atoms with van der Waals surface area (Å²) in [5.41, 5.74) is 3.31. The van der Waals surface area contributed by atoms with Crippen molar-refractivity contribution in [3.63, 3.8) is 0 Å². The number of benzene rings is 2. The minimum atomic E-state index is 0.0291. The first-order chi connectivity index (χ1) is 13.6. The van der Waals surface area contributed by atoms with Crippen LogP contribution in [0.5, 0.6) is 0 Å². The smallest absolute Gasteiger partial charge is 0.231 e. The van der Waals surface area contributed by atoms with Crippen LogP contribution >= 0.6 is 0 Å². The fraction of sp³-hybridized carbons (Fsp3) is 0.227. The van der Waals surface area contributed by atoms with Gasteiger partial charge in [0.25, 0.3) is 0 Å². The van der Waals surface area contributed by atoms with Crippen molar-refractivity contribution < 1.29 is 9.32 Å². The van der Waals surface area contributed by atoms with Crippen LogP contribution in [0.3, 0.4) is 0 Å². The molecule has 28 heavy (non-hydrogen) atoms. The SMILES string of the molecule is CN=C(NC)Nc1cc(C(C)Cc2cccc(C(=O)c3ccccc3)c2)no1. The first-order valence-corrected chi connectivity index (χ1v) is 9.17. The van der Waals surface area contributed by atoms with Crippen molar-refractivity contribution in [3.05, 3.63) is 83.0 Å². The number of hydrogen-bond acceptors (Lipinski definition) is 4. The summed E-state index contributed by atoms with van der Waals surface area (Å²) in [6.07, 6.45) is 0.753. The first-order valence-electron chi connectivity index (χ1n) is 9.17. The molecule has 144 valence electrons. The molecule has 1 unspecified atom stereocenters. The third-order valence-corrected chi connectivity index (χ3v) is 4.50. The highest BCUT2D eigenvalue weighted by Crippen LogP contribution is 2.23. The summed E-state index contributed by atoms with van der Waals surface area (Å²) in [4.78, 5) is 16.7. The van der Waals surface area contributed by atoms with E-state index in [0.717, 1.165) is 17.7 Å². The van der Waals surface area contributed by atoms with Crippen LogP contribution in [-0.2, 0) is 6.42 Å². The molecule has 3 aromatic rings. The Bertz CT molecular complexity index is 963. The summed E-state index contributed by atoms with van der Waals surface area (Å²) < 4.78 is 5.34. The van der Waals surface area contributed by atoms with E-state index in [1.807, 2.05) is 60.7 Å². The predicted molar refractivity (Wildman–Crippen MR) is 111 cm³/mol. The largest absolute Gasteiger partial charge is 0.359 e. The Morgan fingerprint density at radius 1 is 1.11 bits per heavy atom.